The van der Waals surface area contributed by atoms with Gasteiger partial charge in [-0.15, -0.1) is 0 Å². The predicted octanol–water partition coefficient (Wildman–Crippen LogP) is 8.83. The van der Waals surface area contributed by atoms with Gasteiger partial charge in [0.25, 0.3) is 0 Å². The second kappa shape index (κ2) is 15.3. The molecule has 4 aromatic carbocycles. The highest BCUT2D eigenvalue weighted by Crippen LogP contribution is 2.20. The molecule has 0 bridgehead atoms. The molecule has 0 aromatic heterocycles. The fourth-order valence-electron chi connectivity index (χ4n) is 4.36. The molecule has 0 spiro atoms. The zero-order valence-electron chi connectivity index (χ0n) is 23.5. The van der Waals surface area contributed by atoms with Crippen LogP contribution >= 0.6 is 23.2 Å². The third kappa shape index (κ3) is 8.20. The lowest BCUT2D eigenvalue weighted by molar-refractivity contribution is 0.103. The molecule has 0 aliphatic heterocycles. The quantitative estimate of drug-likeness (QED) is 0.177. The zero-order valence-corrected chi connectivity index (χ0v) is 25.0. The maximum Gasteiger partial charge on any atom is 0.193 e. The van der Waals surface area contributed by atoms with Gasteiger partial charge in [-0.1, -0.05) is 23.2 Å². The van der Waals surface area contributed by atoms with Crippen LogP contribution in [0, 0.1) is 0 Å². The Kier molecular flexibility index (Phi) is 11.8. The van der Waals surface area contributed by atoms with Crippen molar-refractivity contribution in [3.63, 3.8) is 0 Å². The fraction of sp³-hybridized carbons (Fsp3) is 0.235. The van der Waals surface area contributed by atoms with E-state index in [4.69, 9.17) is 23.2 Å². The monoisotopic (exact) mass is 574 g/mol. The molecule has 0 atom stereocenters. The molecule has 4 nitrogen and oxygen atoms in total. The Morgan fingerprint density at radius 2 is 0.675 bits per heavy atom. The van der Waals surface area contributed by atoms with Crippen LogP contribution in [0.3, 0.4) is 0 Å². The summed E-state index contributed by atoms with van der Waals surface area (Å²) in [6.07, 6.45) is 0. The second-order valence-electron chi connectivity index (χ2n) is 9.11. The van der Waals surface area contributed by atoms with Crippen molar-refractivity contribution in [2.24, 2.45) is 0 Å². The highest BCUT2D eigenvalue weighted by molar-refractivity contribution is 6.31. The van der Waals surface area contributed by atoms with Crippen LogP contribution < -0.4 is 9.80 Å². The first-order valence-electron chi connectivity index (χ1n) is 13.6. The van der Waals surface area contributed by atoms with E-state index in [-0.39, 0.29) is 11.6 Å². The van der Waals surface area contributed by atoms with Gasteiger partial charge in [0, 0.05) is 69.9 Å². The second-order valence-corrected chi connectivity index (χ2v) is 9.98. The van der Waals surface area contributed by atoms with Crippen molar-refractivity contribution >= 4 is 46.1 Å². The van der Waals surface area contributed by atoms with Crippen molar-refractivity contribution in [2.45, 2.75) is 27.7 Å². The molecule has 0 fully saturated rings. The molecular formula is C34H36Cl2N2O2. The van der Waals surface area contributed by atoms with E-state index in [0.717, 1.165) is 48.7 Å². The Bertz CT molecular complexity index is 1250. The maximum atomic E-state index is 12.7. The number of hydrogen-bond acceptors (Lipinski definition) is 4. The standard InChI is InChI=1S/C21H28N2O.C13H8Cl2O/c1-5-22(6-2)19-13-9-17(10-14-19)21(24)18-11-15-20(16-12-18)23(7-3)8-4;14-11-5-1-9(2-6-11)13(16)10-3-7-12(15)8-4-10/h9-16H,5-8H2,1-4H3;1-8H. The normalized spacial score (nSPS) is 10.3. The van der Waals surface area contributed by atoms with Crippen LogP contribution in [-0.4, -0.2) is 37.7 Å². The predicted molar refractivity (Wildman–Crippen MR) is 170 cm³/mol. The lowest BCUT2D eigenvalue weighted by Crippen LogP contribution is -2.22. The minimum Gasteiger partial charge on any atom is -0.372 e. The van der Waals surface area contributed by atoms with E-state index in [1.165, 1.54) is 0 Å². The topological polar surface area (TPSA) is 40.6 Å². The van der Waals surface area contributed by atoms with Crippen molar-refractivity contribution in [1.29, 1.82) is 0 Å². The van der Waals surface area contributed by atoms with Crippen molar-refractivity contribution in [3.8, 4) is 0 Å². The summed E-state index contributed by atoms with van der Waals surface area (Å²) in [5, 5.41) is 1.24. The Morgan fingerprint density at radius 3 is 0.900 bits per heavy atom. The first-order valence-corrected chi connectivity index (χ1v) is 14.4. The van der Waals surface area contributed by atoms with Gasteiger partial charge in [0.2, 0.25) is 0 Å². The number of anilines is 2. The van der Waals surface area contributed by atoms with Crippen molar-refractivity contribution < 1.29 is 9.59 Å². The molecule has 6 heteroatoms. The molecule has 0 amide bonds. The number of carbonyl (C=O) groups is 2. The van der Waals surface area contributed by atoms with E-state index in [2.05, 4.69) is 37.5 Å². The van der Waals surface area contributed by atoms with Gasteiger partial charge in [-0.2, -0.15) is 0 Å². The molecule has 0 heterocycles. The van der Waals surface area contributed by atoms with Crippen LogP contribution in [0.4, 0.5) is 11.4 Å². The van der Waals surface area contributed by atoms with Gasteiger partial charge >= 0.3 is 0 Å². The average molecular weight is 576 g/mol. The molecule has 0 saturated heterocycles. The van der Waals surface area contributed by atoms with Crippen LogP contribution in [0.1, 0.15) is 59.5 Å². The molecule has 4 rings (SSSR count). The molecule has 0 saturated carbocycles. The Balaban J connectivity index is 0.000000238. The van der Waals surface area contributed by atoms with Crippen molar-refractivity contribution in [3.05, 3.63) is 129 Å². The highest BCUT2D eigenvalue weighted by Gasteiger charge is 2.11. The average Bonchev–Trinajstić information content (AvgIpc) is 2.99. The maximum absolute atomic E-state index is 12.7. The van der Waals surface area contributed by atoms with E-state index >= 15 is 0 Å². The molecule has 4 aromatic rings. The summed E-state index contributed by atoms with van der Waals surface area (Å²) >= 11 is 11.5. The van der Waals surface area contributed by atoms with Gasteiger partial charge in [0.05, 0.1) is 0 Å². The van der Waals surface area contributed by atoms with E-state index in [0.29, 0.717) is 21.2 Å². The van der Waals surface area contributed by atoms with Gasteiger partial charge in [0.1, 0.15) is 0 Å². The number of benzene rings is 4. The number of rotatable bonds is 10. The van der Waals surface area contributed by atoms with Crippen LogP contribution in [0.15, 0.2) is 97.1 Å². The third-order valence-corrected chi connectivity index (χ3v) is 7.23. The number of hydrogen-bond donors (Lipinski definition) is 0. The summed E-state index contributed by atoms with van der Waals surface area (Å²) in [6.45, 7) is 12.4. The number of carbonyl (C=O) groups excluding carboxylic acids is 2. The Labute approximate surface area is 248 Å². The zero-order chi connectivity index (χ0) is 29.1. The molecule has 0 aliphatic carbocycles. The summed E-state index contributed by atoms with van der Waals surface area (Å²) in [5.74, 6) is 0.0422. The Hall–Kier alpha value is -3.60. The van der Waals surface area contributed by atoms with Crippen molar-refractivity contribution in [1.82, 2.24) is 0 Å². The molecular weight excluding hydrogens is 539 g/mol. The third-order valence-electron chi connectivity index (χ3n) is 6.73. The smallest absolute Gasteiger partial charge is 0.193 e. The number of ketones is 2. The van der Waals surface area contributed by atoms with E-state index in [9.17, 15) is 9.59 Å². The number of halogens is 2. The van der Waals surface area contributed by atoms with Crippen LogP contribution in [-0.2, 0) is 0 Å². The highest BCUT2D eigenvalue weighted by atomic mass is 35.5. The molecule has 40 heavy (non-hydrogen) atoms. The first-order chi connectivity index (χ1) is 19.3. The molecule has 0 aliphatic rings. The van der Waals surface area contributed by atoms with Crippen LogP contribution in [0.2, 0.25) is 10.0 Å². The summed E-state index contributed by atoms with van der Waals surface area (Å²) in [7, 11) is 0. The minimum absolute atomic E-state index is 0.0340. The van der Waals surface area contributed by atoms with Crippen molar-refractivity contribution in [2.75, 3.05) is 36.0 Å². The van der Waals surface area contributed by atoms with E-state index in [1.807, 2.05) is 48.5 Å². The van der Waals surface area contributed by atoms with Gasteiger partial charge < -0.3 is 9.80 Å². The summed E-state index contributed by atoms with van der Waals surface area (Å²) in [4.78, 5) is 29.2. The fourth-order valence-corrected chi connectivity index (χ4v) is 4.61. The van der Waals surface area contributed by atoms with Gasteiger partial charge in [-0.05, 0) is 125 Å². The van der Waals surface area contributed by atoms with Gasteiger partial charge in [-0.3, -0.25) is 9.59 Å². The summed E-state index contributed by atoms with van der Waals surface area (Å²) < 4.78 is 0. The minimum atomic E-state index is -0.0340. The summed E-state index contributed by atoms with van der Waals surface area (Å²) in [6, 6.07) is 29.5. The SMILES string of the molecule is CCN(CC)c1ccc(C(=O)c2ccc(N(CC)CC)cc2)cc1.O=C(c1ccc(Cl)cc1)c1ccc(Cl)cc1. The molecule has 0 unspecified atom stereocenters. The lowest BCUT2D eigenvalue weighted by atomic mass is 10.0. The molecule has 0 radical (unpaired) electrons. The van der Waals surface area contributed by atoms with E-state index < -0.39 is 0 Å². The van der Waals surface area contributed by atoms with Gasteiger partial charge in [0.15, 0.2) is 11.6 Å². The van der Waals surface area contributed by atoms with Gasteiger partial charge in [-0.25, -0.2) is 0 Å². The largest absolute Gasteiger partial charge is 0.372 e. The number of nitrogens with zero attached hydrogens (tertiary/aromatic N) is 2. The molecule has 208 valence electrons. The van der Waals surface area contributed by atoms with Crippen LogP contribution in [0.5, 0.6) is 0 Å². The molecule has 0 N–H and O–H groups in total. The lowest BCUT2D eigenvalue weighted by Gasteiger charge is -2.21. The van der Waals surface area contributed by atoms with E-state index in [1.54, 1.807) is 48.5 Å². The summed E-state index contributed by atoms with van der Waals surface area (Å²) in [5.41, 5.74) is 5.03. The van der Waals surface area contributed by atoms with Crippen LogP contribution in [0.25, 0.3) is 0 Å². The first kappa shape index (κ1) is 30.9. The Morgan fingerprint density at radius 1 is 0.450 bits per heavy atom.